The van der Waals surface area contributed by atoms with E-state index in [2.05, 4.69) is 15.4 Å². The first-order chi connectivity index (χ1) is 15.9. The number of nitrogens with one attached hydrogen (secondary N) is 1. The van der Waals surface area contributed by atoms with Crippen LogP contribution in [-0.2, 0) is 12.7 Å². The highest BCUT2D eigenvalue weighted by Crippen LogP contribution is 2.45. The third-order valence-electron chi connectivity index (χ3n) is 4.13. The maximum atomic E-state index is 13.2. The van der Waals surface area contributed by atoms with Crippen LogP contribution in [0.1, 0.15) is 16.8 Å². The summed E-state index contributed by atoms with van der Waals surface area (Å²) in [5, 5.41) is 14.6. The van der Waals surface area contributed by atoms with Crippen molar-refractivity contribution < 1.29 is 26.3 Å². The Morgan fingerprint density at radius 3 is 2.24 bits per heavy atom. The maximum Gasteiger partial charge on any atom is 0.446 e. The Balaban J connectivity index is 2.09. The second-order valence-corrected chi connectivity index (χ2v) is 8.37. The van der Waals surface area contributed by atoms with E-state index >= 15 is 0 Å². The third-order valence-corrected chi connectivity index (χ3v) is 5.53. The van der Waals surface area contributed by atoms with Gasteiger partial charge in [-0.3, -0.25) is 4.99 Å². The molecule has 3 rings (SSSR count). The quantitative estimate of drug-likeness (QED) is 0.155. The molecule has 0 aliphatic heterocycles. The van der Waals surface area contributed by atoms with Crippen LogP contribution in [0.25, 0.3) is 5.69 Å². The monoisotopic (exact) mass is 537 g/mol. The molecule has 0 radical (unpaired) electrons. The average molecular weight is 538 g/mol. The predicted octanol–water partition coefficient (Wildman–Crippen LogP) is 7.32. The molecular weight excluding hydrogens is 527 g/mol. The number of nitriles is 1. The average Bonchev–Trinajstić information content (AvgIpc) is 3.06. The molecule has 0 spiro atoms. The van der Waals surface area contributed by atoms with Crippen LogP contribution in [0.2, 0.25) is 10.0 Å². The summed E-state index contributed by atoms with van der Waals surface area (Å²) in [6.07, 6.45) is -3.69. The molecule has 178 valence electrons. The first-order valence-corrected chi connectivity index (χ1v) is 10.6. The number of halogens is 8. The molecule has 1 aromatic heterocycles. The van der Waals surface area contributed by atoms with Crippen molar-refractivity contribution in [3.05, 3.63) is 69.3 Å². The lowest BCUT2D eigenvalue weighted by Gasteiger charge is -2.15. The summed E-state index contributed by atoms with van der Waals surface area (Å²) in [5.41, 5.74) is -6.15. The number of aliphatic imine (C=N–C) groups is 1. The van der Waals surface area contributed by atoms with Gasteiger partial charge in [0.25, 0.3) is 0 Å². The molecule has 0 bridgehead atoms. The Kier molecular flexibility index (Phi) is 7.70. The largest absolute Gasteiger partial charge is 0.446 e. The molecule has 0 aliphatic rings. The van der Waals surface area contributed by atoms with Gasteiger partial charge in [-0.05, 0) is 29.5 Å². The van der Waals surface area contributed by atoms with Crippen molar-refractivity contribution >= 4 is 47.1 Å². The van der Waals surface area contributed by atoms with Gasteiger partial charge in [0.05, 0.1) is 33.4 Å². The van der Waals surface area contributed by atoms with Gasteiger partial charge < -0.3 is 5.32 Å². The van der Waals surface area contributed by atoms with E-state index in [4.69, 9.17) is 23.2 Å². The Hall–Kier alpha value is -2.88. The van der Waals surface area contributed by atoms with Crippen LogP contribution in [0.4, 0.5) is 32.2 Å². The van der Waals surface area contributed by atoms with Gasteiger partial charge >= 0.3 is 11.7 Å². The molecule has 0 unspecified atom stereocenters. The van der Waals surface area contributed by atoms with E-state index in [0.717, 1.165) is 16.6 Å². The van der Waals surface area contributed by atoms with E-state index in [0.29, 0.717) is 12.1 Å². The number of anilines is 1. The van der Waals surface area contributed by atoms with Gasteiger partial charge in [-0.15, -0.1) is 0 Å². The molecule has 5 nitrogen and oxygen atoms in total. The van der Waals surface area contributed by atoms with Crippen LogP contribution in [-0.4, -0.2) is 21.6 Å². The molecule has 0 saturated heterocycles. The molecule has 0 atom stereocenters. The van der Waals surface area contributed by atoms with Crippen molar-refractivity contribution in [2.75, 3.05) is 5.32 Å². The summed E-state index contributed by atoms with van der Waals surface area (Å²) in [4.78, 5) is 3.44. The zero-order valence-corrected chi connectivity index (χ0v) is 18.9. The molecular formula is C20H11Cl2F6N5S. The second kappa shape index (κ2) is 10.2. The number of nitrogens with zero attached hydrogens (tertiary/aromatic N) is 4. The second-order valence-electron chi connectivity index (χ2n) is 6.48. The van der Waals surface area contributed by atoms with Crippen LogP contribution in [0.3, 0.4) is 0 Å². The Morgan fingerprint density at radius 2 is 1.71 bits per heavy atom. The highest BCUT2D eigenvalue weighted by molar-refractivity contribution is 8.00. The zero-order valence-electron chi connectivity index (χ0n) is 16.5. The van der Waals surface area contributed by atoms with E-state index in [9.17, 15) is 31.6 Å². The predicted molar refractivity (Wildman–Crippen MR) is 117 cm³/mol. The maximum absolute atomic E-state index is 13.2. The fourth-order valence-electron chi connectivity index (χ4n) is 2.75. The molecule has 1 heterocycles. The third kappa shape index (κ3) is 6.16. The summed E-state index contributed by atoms with van der Waals surface area (Å²) < 4.78 is 79.5. The number of alkyl halides is 6. The van der Waals surface area contributed by atoms with Gasteiger partial charge in [0.15, 0.2) is 11.5 Å². The van der Waals surface area contributed by atoms with Crippen molar-refractivity contribution in [3.8, 4) is 11.8 Å². The summed E-state index contributed by atoms with van der Waals surface area (Å²) >= 11 is 11.4. The lowest BCUT2D eigenvalue weighted by Crippen LogP contribution is -2.10. The first-order valence-electron chi connectivity index (χ1n) is 9.05. The van der Waals surface area contributed by atoms with Crippen LogP contribution >= 0.6 is 35.0 Å². The summed E-state index contributed by atoms with van der Waals surface area (Å²) in [5.74, 6) is -0.403. The molecule has 3 aromatic rings. The molecule has 1 N–H and O–H groups in total. The summed E-state index contributed by atoms with van der Waals surface area (Å²) in [6, 6.07) is 11.6. The van der Waals surface area contributed by atoms with Gasteiger partial charge in [-0.25, -0.2) is 4.68 Å². The van der Waals surface area contributed by atoms with E-state index in [-0.39, 0.29) is 12.2 Å². The highest BCUT2D eigenvalue weighted by Gasteiger charge is 2.36. The number of aromatic nitrogens is 2. The summed E-state index contributed by atoms with van der Waals surface area (Å²) in [7, 11) is 0. The Labute approximate surface area is 203 Å². The molecule has 14 heteroatoms. The minimum Gasteiger partial charge on any atom is -0.330 e. The van der Waals surface area contributed by atoms with Crippen molar-refractivity contribution in [2.24, 2.45) is 4.99 Å². The van der Waals surface area contributed by atoms with Gasteiger partial charge in [-0.2, -0.15) is 36.7 Å². The Bertz CT molecular complexity index is 1230. The van der Waals surface area contributed by atoms with Crippen molar-refractivity contribution in [1.29, 1.82) is 5.26 Å². The lowest BCUT2D eigenvalue weighted by atomic mass is 10.2. The first kappa shape index (κ1) is 25.7. The van der Waals surface area contributed by atoms with Crippen LogP contribution < -0.4 is 5.32 Å². The van der Waals surface area contributed by atoms with Gasteiger partial charge in [-0.1, -0.05) is 53.5 Å². The lowest BCUT2D eigenvalue weighted by molar-refractivity contribution is -0.137. The van der Waals surface area contributed by atoms with E-state index < -0.39 is 55.5 Å². The van der Waals surface area contributed by atoms with Gasteiger partial charge in [0.1, 0.15) is 11.8 Å². The van der Waals surface area contributed by atoms with Crippen LogP contribution in [0, 0.1) is 11.3 Å². The van der Waals surface area contributed by atoms with E-state index in [1.54, 1.807) is 30.3 Å². The number of benzene rings is 2. The van der Waals surface area contributed by atoms with E-state index in [1.165, 1.54) is 6.07 Å². The topological polar surface area (TPSA) is 66.0 Å². The van der Waals surface area contributed by atoms with Gasteiger partial charge in [0.2, 0.25) is 0 Å². The standard InChI is InChI=1S/C20H11Cl2F6N5S/c21-13-6-12(19(23,24)25)7-14(22)16(13)33-18(17(15(8-29)32-33)34-20(26,27)28)31-10-30-9-11-4-2-1-3-5-11/h1-7,10H,9H2,(H,30,31). The number of hydrogen-bond acceptors (Lipinski definition) is 4. The van der Waals surface area contributed by atoms with Crippen molar-refractivity contribution in [1.82, 2.24) is 9.78 Å². The Morgan fingerprint density at radius 1 is 1.09 bits per heavy atom. The van der Waals surface area contributed by atoms with E-state index in [1.807, 2.05) is 0 Å². The number of rotatable bonds is 6. The molecule has 0 saturated carbocycles. The number of hydrogen-bond donors (Lipinski definition) is 1. The SMILES string of the molecule is N#Cc1nn(-c2c(Cl)cc(C(F)(F)F)cc2Cl)c(NC=NCc2ccccc2)c1SC(F)(F)F. The number of thioether (sulfide) groups is 1. The van der Waals surface area contributed by atoms with Crippen LogP contribution in [0.5, 0.6) is 0 Å². The minimum absolute atomic E-state index is 0.177. The normalized spacial score (nSPS) is 12.2. The fraction of sp³-hybridized carbons (Fsp3) is 0.150. The van der Waals surface area contributed by atoms with Crippen LogP contribution in [0.15, 0.2) is 52.4 Å². The van der Waals surface area contributed by atoms with Gasteiger partial charge in [0, 0.05) is 0 Å². The smallest absolute Gasteiger partial charge is 0.330 e. The fourth-order valence-corrected chi connectivity index (χ4v) is 4.05. The molecule has 34 heavy (non-hydrogen) atoms. The molecule has 2 aromatic carbocycles. The minimum atomic E-state index is -4.80. The summed E-state index contributed by atoms with van der Waals surface area (Å²) in [6.45, 7) is 0.177. The molecule has 0 fully saturated rings. The zero-order chi connectivity index (χ0) is 25.1. The molecule has 0 aliphatic carbocycles. The molecule has 0 amide bonds. The van der Waals surface area contributed by atoms with Crippen molar-refractivity contribution in [2.45, 2.75) is 23.1 Å². The highest BCUT2D eigenvalue weighted by atomic mass is 35.5. The van der Waals surface area contributed by atoms with Crippen molar-refractivity contribution in [3.63, 3.8) is 0 Å².